The lowest BCUT2D eigenvalue weighted by Crippen LogP contribution is -2.00. The van der Waals surface area contributed by atoms with Gasteiger partial charge in [0.25, 0.3) is 0 Å². The van der Waals surface area contributed by atoms with Gasteiger partial charge in [-0.3, -0.25) is 0 Å². The minimum absolute atomic E-state index is 0.299. The van der Waals surface area contributed by atoms with Crippen LogP contribution < -0.4 is 0 Å². The van der Waals surface area contributed by atoms with Gasteiger partial charge in [0, 0.05) is 6.42 Å². The molecule has 0 heterocycles. The summed E-state index contributed by atoms with van der Waals surface area (Å²) in [6.07, 6.45) is 11.3. The zero-order valence-electron chi connectivity index (χ0n) is 6.92. The molecule has 0 aromatic carbocycles. The van der Waals surface area contributed by atoms with Crippen LogP contribution in [0.2, 0.25) is 0 Å². The molecule has 1 heteroatoms. The Labute approximate surface area is 67.8 Å². The Hall–Kier alpha value is -0.850. The highest BCUT2D eigenvalue weighted by atomic mass is 16.1. The van der Waals surface area contributed by atoms with E-state index in [1.165, 1.54) is 0 Å². The van der Waals surface area contributed by atoms with Gasteiger partial charge in [-0.05, 0) is 25.7 Å². The van der Waals surface area contributed by atoms with Crippen molar-refractivity contribution in [2.75, 3.05) is 0 Å². The Bertz CT molecular complexity index is 189. The molecule has 0 unspecified atom stereocenters. The smallest absolute Gasteiger partial charge is 0.129 e. The van der Waals surface area contributed by atoms with Gasteiger partial charge in [0.1, 0.15) is 5.78 Å². The highest BCUT2D eigenvalue weighted by molar-refractivity contribution is 5.75. The largest absolute Gasteiger partial charge is 0.300 e. The number of hydrogen-bond donors (Lipinski definition) is 0. The van der Waals surface area contributed by atoms with Crippen LogP contribution in [0.3, 0.4) is 0 Å². The predicted molar refractivity (Wildman–Crippen MR) is 46.3 cm³/mol. The molecule has 1 aliphatic rings. The number of carbonyl (C=O) groups excluding carboxylic acids is 1. The van der Waals surface area contributed by atoms with Crippen LogP contribution in [0, 0.1) is 5.92 Å². The highest BCUT2D eigenvalue weighted by Gasteiger charge is 2.05. The fourth-order valence-electron chi connectivity index (χ4n) is 1.23. The fourth-order valence-corrected chi connectivity index (χ4v) is 1.23. The van der Waals surface area contributed by atoms with Crippen molar-refractivity contribution in [1.29, 1.82) is 0 Å². The number of Topliss-reactive ketones (excluding diaryl/α,β-unsaturated/α-hetero) is 1. The first kappa shape index (κ1) is 8.25. The third-order valence-corrected chi connectivity index (χ3v) is 1.94. The molecule has 0 radical (unpaired) electrons. The summed E-state index contributed by atoms with van der Waals surface area (Å²) in [5.74, 6) is 0.900. The summed E-state index contributed by atoms with van der Waals surface area (Å²) >= 11 is 0. The second-order valence-corrected chi connectivity index (χ2v) is 3.05. The molecule has 0 aromatic heterocycles. The second kappa shape index (κ2) is 4.12. The van der Waals surface area contributed by atoms with Crippen LogP contribution in [-0.2, 0) is 4.79 Å². The molecule has 0 aliphatic heterocycles. The monoisotopic (exact) mass is 150 g/mol. The zero-order chi connectivity index (χ0) is 8.10. The first-order valence-electron chi connectivity index (χ1n) is 4.12. The molecule has 0 N–H and O–H groups in total. The molecule has 60 valence electrons. The maximum absolute atomic E-state index is 10.6. The molecule has 0 bridgehead atoms. The van der Waals surface area contributed by atoms with Gasteiger partial charge in [0.15, 0.2) is 0 Å². The van der Waals surface area contributed by atoms with E-state index in [-0.39, 0.29) is 0 Å². The average Bonchev–Trinajstić information content (AvgIpc) is 2.03. The summed E-state index contributed by atoms with van der Waals surface area (Å²) in [5.41, 5.74) is 0. The van der Waals surface area contributed by atoms with Gasteiger partial charge in [-0.15, -0.1) is 0 Å². The lowest BCUT2D eigenvalue weighted by atomic mass is 9.95. The van der Waals surface area contributed by atoms with Gasteiger partial charge in [-0.1, -0.05) is 24.3 Å². The topological polar surface area (TPSA) is 17.1 Å². The number of allylic oxidation sites excluding steroid dienone is 4. The molecule has 11 heavy (non-hydrogen) atoms. The van der Waals surface area contributed by atoms with Crippen LogP contribution in [0.25, 0.3) is 0 Å². The van der Waals surface area contributed by atoms with E-state index >= 15 is 0 Å². The van der Waals surface area contributed by atoms with Gasteiger partial charge in [0.05, 0.1) is 0 Å². The normalized spacial score (nSPS) is 22.1. The molecule has 0 aromatic rings. The van der Waals surface area contributed by atoms with E-state index in [9.17, 15) is 4.79 Å². The molecule has 0 amide bonds. The predicted octanol–water partition coefficient (Wildman–Crippen LogP) is 2.49. The maximum atomic E-state index is 10.6. The van der Waals surface area contributed by atoms with Crippen molar-refractivity contribution in [2.24, 2.45) is 5.92 Å². The van der Waals surface area contributed by atoms with Crippen LogP contribution in [0.4, 0.5) is 0 Å². The van der Waals surface area contributed by atoms with Crippen LogP contribution >= 0.6 is 0 Å². The average molecular weight is 150 g/mol. The van der Waals surface area contributed by atoms with Crippen molar-refractivity contribution in [3.63, 3.8) is 0 Å². The van der Waals surface area contributed by atoms with Crippen LogP contribution in [0.1, 0.15) is 26.2 Å². The van der Waals surface area contributed by atoms with Crippen LogP contribution in [0.15, 0.2) is 24.3 Å². The van der Waals surface area contributed by atoms with Crippen molar-refractivity contribution >= 4 is 5.78 Å². The van der Waals surface area contributed by atoms with Crippen LogP contribution in [0.5, 0.6) is 0 Å². The summed E-state index contributed by atoms with van der Waals surface area (Å²) in [7, 11) is 0. The molecule has 1 aliphatic carbocycles. The maximum Gasteiger partial charge on any atom is 0.129 e. The lowest BCUT2D eigenvalue weighted by Gasteiger charge is -2.10. The number of carbonyl (C=O) groups is 1. The Kier molecular flexibility index (Phi) is 3.09. The molecular weight excluding hydrogens is 136 g/mol. The third-order valence-electron chi connectivity index (χ3n) is 1.94. The van der Waals surface area contributed by atoms with Gasteiger partial charge in [-0.25, -0.2) is 0 Å². The quantitative estimate of drug-likeness (QED) is 0.604. The van der Waals surface area contributed by atoms with Crippen molar-refractivity contribution < 1.29 is 4.79 Å². The number of hydrogen-bond acceptors (Lipinski definition) is 1. The molecule has 1 rings (SSSR count). The fraction of sp³-hybridized carbons (Fsp3) is 0.500. The molecular formula is C10H14O. The van der Waals surface area contributed by atoms with Crippen molar-refractivity contribution in [3.05, 3.63) is 24.3 Å². The first-order valence-corrected chi connectivity index (χ1v) is 4.12. The van der Waals surface area contributed by atoms with E-state index in [2.05, 4.69) is 24.3 Å². The van der Waals surface area contributed by atoms with E-state index in [4.69, 9.17) is 0 Å². The van der Waals surface area contributed by atoms with E-state index in [1.54, 1.807) is 6.92 Å². The van der Waals surface area contributed by atoms with Crippen molar-refractivity contribution in [3.8, 4) is 0 Å². The molecule has 0 saturated heterocycles. The van der Waals surface area contributed by atoms with E-state index < -0.39 is 0 Å². The zero-order valence-corrected chi connectivity index (χ0v) is 6.92. The summed E-state index contributed by atoms with van der Waals surface area (Å²) in [6.45, 7) is 1.66. The Balaban J connectivity index is 2.22. The highest BCUT2D eigenvalue weighted by Crippen LogP contribution is 2.16. The minimum atomic E-state index is 0.299. The molecule has 0 spiro atoms. The molecule has 1 atom stereocenters. The van der Waals surface area contributed by atoms with Gasteiger partial charge >= 0.3 is 0 Å². The van der Waals surface area contributed by atoms with Gasteiger partial charge < -0.3 is 4.79 Å². The number of rotatable bonds is 3. The summed E-state index contributed by atoms with van der Waals surface area (Å²) in [5, 5.41) is 0. The lowest BCUT2D eigenvalue weighted by molar-refractivity contribution is -0.117. The van der Waals surface area contributed by atoms with Crippen molar-refractivity contribution in [1.82, 2.24) is 0 Å². The number of ketones is 1. The Morgan fingerprint density at radius 2 is 2.36 bits per heavy atom. The Morgan fingerprint density at radius 3 is 2.91 bits per heavy atom. The summed E-state index contributed by atoms with van der Waals surface area (Å²) < 4.78 is 0. The van der Waals surface area contributed by atoms with Gasteiger partial charge in [-0.2, -0.15) is 0 Å². The Morgan fingerprint density at radius 1 is 1.55 bits per heavy atom. The van der Waals surface area contributed by atoms with E-state index in [0.717, 1.165) is 19.3 Å². The van der Waals surface area contributed by atoms with Crippen LogP contribution in [-0.4, -0.2) is 5.78 Å². The molecule has 0 fully saturated rings. The van der Waals surface area contributed by atoms with E-state index in [1.807, 2.05) is 0 Å². The molecule has 1 nitrogen and oxygen atoms in total. The summed E-state index contributed by atoms with van der Waals surface area (Å²) in [6, 6.07) is 0. The minimum Gasteiger partial charge on any atom is -0.300 e. The first-order chi connectivity index (χ1) is 5.29. The standard InChI is InChI=1S/C10H14O/c1-9(11)7-8-10-5-3-2-4-6-10/h2-5,10H,6-8H2,1H3/t10-/m1/s1. The van der Waals surface area contributed by atoms with Gasteiger partial charge in [0.2, 0.25) is 0 Å². The van der Waals surface area contributed by atoms with E-state index in [0.29, 0.717) is 11.7 Å². The van der Waals surface area contributed by atoms with Crippen molar-refractivity contribution in [2.45, 2.75) is 26.2 Å². The third kappa shape index (κ3) is 3.17. The summed E-state index contributed by atoms with van der Waals surface area (Å²) in [4.78, 5) is 10.6. The molecule has 0 saturated carbocycles. The second-order valence-electron chi connectivity index (χ2n) is 3.05. The SMILES string of the molecule is CC(=O)CC[C@@H]1C=CC=CC1.